The summed E-state index contributed by atoms with van der Waals surface area (Å²) >= 11 is 0. The zero-order valence-corrected chi connectivity index (χ0v) is 8.63. The second-order valence-electron chi connectivity index (χ2n) is 3.98. The fourth-order valence-corrected chi connectivity index (χ4v) is 2.07. The normalized spacial score (nSPS) is 24.2. The van der Waals surface area contributed by atoms with Gasteiger partial charge in [-0.05, 0) is 38.3 Å². The van der Waals surface area contributed by atoms with Crippen LogP contribution in [-0.4, -0.2) is 24.5 Å². The molecule has 1 unspecified atom stereocenters. The fraction of sp³-hybridized carbons (Fsp3) is 0.909. The van der Waals surface area contributed by atoms with Crippen LogP contribution in [0.15, 0.2) is 0 Å². The molecule has 0 aliphatic carbocycles. The van der Waals surface area contributed by atoms with E-state index in [-0.39, 0.29) is 0 Å². The number of hydrogen-bond acceptors (Lipinski definition) is 2. The first-order chi connectivity index (χ1) is 6.36. The molecular formula is C11H20N2. The fourth-order valence-electron chi connectivity index (χ4n) is 2.07. The van der Waals surface area contributed by atoms with Crippen LogP contribution in [-0.2, 0) is 0 Å². The summed E-state index contributed by atoms with van der Waals surface area (Å²) < 4.78 is 0. The highest BCUT2D eigenvalue weighted by atomic mass is 15.1. The van der Waals surface area contributed by atoms with Crippen molar-refractivity contribution in [2.45, 2.75) is 39.0 Å². The van der Waals surface area contributed by atoms with Crippen molar-refractivity contribution in [2.24, 2.45) is 5.92 Å². The van der Waals surface area contributed by atoms with Gasteiger partial charge in [-0.3, -0.25) is 0 Å². The van der Waals surface area contributed by atoms with Crippen molar-refractivity contribution in [1.82, 2.24) is 4.90 Å². The second-order valence-corrected chi connectivity index (χ2v) is 3.98. The minimum Gasteiger partial charge on any atom is -0.303 e. The summed E-state index contributed by atoms with van der Waals surface area (Å²) in [5.74, 6) is 0.913. The molecule has 1 aliphatic rings. The Morgan fingerprint density at radius 1 is 1.54 bits per heavy atom. The predicted molar refractivity (Wildman–Crippen MR) is 54.3 cm³/mol. The van der Waals surface area contributed by atoms with Crippen LogP contribution in [0.2, 0.25) is 0 Å². The minimum atomic E-state index is 0.716. The molecule has 2 nitrogen and oxygen atoms in total. The Bertz CT molecular complexity index is 171. The van der Waals surface area contributed by atoms with Gasteiger partial charge in [-0.2, -0.15) is 5.26 Å². The van der Waals surface area contributed by atoms with E-state index in [0.29, 0.717) is 6.42 Å². The van der Waals surface area contributed by atoms with Crippen LogP contribution in [0.25, 0.3) is 0 Å². The van der Waals surface area contributed by atoms with E-state index in [0.717, 1.165) is 18.9 Å². The largest absolute Gasteiger partial charge is 0.303 e. The van der Waals surface area contributed by atoms with Gasteiger partial charge < -0.3 is 4.90 Å². The molecule has 2 heteroatoms. The van der Waals surface area contributed by atoms with Crippen molar-refractivity contribution < 1.29 is 0 Å². The molecule has 0 aromatic heterocycles. The summed E-state index contributed by atoms with van der Waals surface area (Å²) in [7, 11) is 0. The van der Waals surface area contributed by atoms with Gasteiger partial charge in [0.1, 0.15) is 0 Å². The first kappa shape index (κ1) is 10.5. The van der Waals surface area contributed by atoms with Crippen LogP contribution >= 0.6 is 0 Å². The van der Waals surface area contributed by atoms with Crippen molar-refractivity contribution in [3.8, 4) is 6.07 Å². The zero-order chi connectivity index (χ0) is 9.52. The first-order valence-corrected chi connectivity index (χ1v) is 5.46. The number of hydrogen-bond donors (Lipinski definition) is 0. The second kappa shape index (κ2) is 5.99. The van der Waals surface area contributed by atoms with E-state index in [4.69, 9.17) is 5.26 Å². The van der Waals surface area contributed by atoms with Gasteiger partial charge in [-0.25, -0.2) is 0 Å². The highest BCUT2D eigenvalue weighted by Gasteiger charge is 2.17. The minimum absolute atomic E-state index is 0.716. The van der Waals surface area contributed by atoms with Crippen molar-refractivity contribution in [3.63, 3.8) is 0 Å². The molecule has 1 rings (SSSR count). The molecule has 1 atom stereocenters. The molecule has 1 aliphatic heterocycles. The summed E-state index contributed by atoms with van der Waals surface area (Å²) in [5.41, 5.74) is 0. The summed E-state index contributed by atoms with van der Waals surface area (Å²) in [5, 5.41) is 8.43. The Kier molecular flexibility index (Phi) is 4.85. The third-order valence-corrected chi connectivity index (χ3v) is 2.94. The van der Waals surface area contributed by atoms with E-state index in [1.165, 1.54) is 32.4 Å². The lowest BCUT2D eigenvalue weighted by molar-refractivity contribution is 0.171. The number of nitriles is 1. The van der Waals surface area contributed by atoms with Gasteiger partial charge in [-0.1, -0.05) is 13.3 Å². The molecular weight excluding hydrogens is 160 g/mol. The summed E-state index contributed by atoms with van der Waals surface area (Å²) in [6.45, 7) is 5.93. The number of unbranched alkanes of at least 4 members (excludes halogenated alkanes) is 1. The Balaban J connectivity index is 2.15. The Morgan fingerprint density at radius 2 is 2.38 bits per heavy atom. The standard InChI is InChI=1S/C11H20N2/c1-2-11-6-5-9-13(10-11)8-4-3-7-12/h11H,2-6,8-10H2,1H3. The number of likely N-dealkylation sites (tertiary alicyclic amines) is 1. The van der Waals surface area contributed by atoms with Gasteiger partial charge in [0.2, 0.25) is 0 Å². The van der Waals surface area contributed by atoms with Gasteiger partial charge in [0.15, 0.2) is 0 Å². The van der Waals surface area contributed by atoms with Gasteiger partial charge >= 0.3 is 0 Å². The molecule has 0 N–H and O–H groups in total. The molecule has 1 saturated heterocycles. The molecule has 0 amide bonds. The average Bonchev–Trinajstić information content (AvgIpc) is 2.19. The molecule has 0 spiro atoms. The summed E-state index contributed by atoms with van der Waals surface area (Å²) in [4.78, 5) is 2.52. The maximum atomic E-state index is 8.43. The number of nitrogens with zero attached hydrogens (tertiary/aromatic N) is 2. The molecule has 0 bridgehead atoms. The van der Waals surface area contributed by atoms with E-state index in [9.17, 15) is 0 Å². The van der Waals surface area contributed by atoms with E-state index < -0.39 is 0 Å². The molecule has 13 heavy (non-hydrogen) atoms. The first-order valence-electron chi connectivity index (χ1n) is 5.46. The molecule has 0 radical (unpaired) electrons. The lowest BCUT2D eigenvalue weighted by Crippen LogP contribution is -2.35. The third-order valence-electron chi connectivity index (χ3n) is 2.94. The van der Waals surface area contributed by atoms with Crippen LogP contribution in [0, 0.1) is 17.2 Å². The molecule has 0 saturated carbocycles. The van der Waals surface area contributed by atoms with Gasteiger partial charge in [-0.15, -0.1) is 0 Å². The summed E-state index contributed by atoms with van der Waals surface area (Å²) in [6.07, 6.45) is 5.84. The average molecular weight is 180 g/mol. The molecule has 1 fully saturated rings. The van der Waals surface area contributed by atoms with E-state index in [1.54, 1.807) is 0 Å². The van der Waals surface area contributed by atoms with Gasteiger partial charge in [0.05, 0.1) is 6.07 Å². The molecule has 0 aromatic rings. The quantitative estimate of drug-likeness (QED) is 0.621. The van der Waals surface area contributed by atoms with Crippen molar-refractivity contribution >= 4 is 0 Å². The highest BCUT2D eigenvalue weighted by molar-refractivity contribution is 4.74. The van der Waals surface area contributed by atoms with Gasteiger partial charge in [0, 0.05) is 13.0 Å². The van der Waals surface area contributed by atoms with E-state index >= 15 is 0 Å². The van der Waals surface area contributed by atoms with Crippen molar-refractivity contribution in [2.75, 3.05) is 19.6 Å². The molecule has 0 aromatic carbocycles. The topological polar surface area (TPSA) is 27.0 Å². The Morgan fingerprint density at radius 3 is 3.08 bits per heavy atom. The number of rotatable bonds is 4. The van der Waals surface area contributed by atoms with Crippen LogP contribution in [0.1, 0.15) is 39.0 Å². The maximum Gasteiger partial charge on any atom is 0.0622 e. The van der Waals surface area contributed by atoms with Crippen LogP contribution in [0.4, 0.5) is 0 Å². The Hall–Kier alpha value is -0.550. The van der Waals surface area contributed by atoms with E-state index in [1.807, 2.05) is 0 Å². The van der Waals surface area contributed by atoms with Gasteiger partial charge in [0.25, 0.3) is 0 Å². The third kappa shape index (κ3) is 3.78. The van der Waals surface area contributed by atoms with Crippen molar-refractivity contribution in [1.29, 1.82) is 5.26 Å². The van der Waals surface area contributed by atoms with Crippen LogP contribution < -0.4 is 0 Å². The Labute approximate surface area is 81.5 Å². The van der Waals surface area contributed by atoms with Crippen LogP contribution in [0.5, 0.6) is 0 Å². The lowest BCUT2D eigenvalue weighted by atomic mass is 9.95. The van der Waals surface area contributed by atoms with E-state index in [2.05, 4.69) is 17.9 Å². The summed E-state index contributed by atoms with van der Waals surface area (Å²) in [6, 6.07) is 2.21. The lowest BCUT2D eigenvalue weighted by Gasteiger charge is -2.31. The predicted octanol–water partition coefficient (Wildman–Crippen LogP) is 2.41. The smallest absolute Gasteiger partial charge is 0.0622 e. The maximum absolute atomic E-state index is 8.43. The SMILES string of the molecule is CCC1CCCN(CCCC#N)C1. The van der Waals surface area contributed by atoms with Crippen molar-refractivity contribution in [3.05, 3.63) is 0 Å². The number of piperidine rings is 1. The van der Waals surface area contributed by atoms with Crippen LogP contribution in [0.3, 0.4) is 0 Å². The monoisotopic (exact) mass is 180 g/mol. The molecule has 1 heterocycles. The molecule has 74 valence electrons. The zero-order valence-electron chi connectivity index (χ0n) is 8.63. The highest BCUT2D eigenvalue weighted by Crippen LogP contribution is 2.19.